The second-order valence-electron chi connectivity index (χ2n) is 7.48. The number of likely N-dealkylation sites (tertiary alicyclic amines) is 1. The molecule has 0 saturated carbocycles. The van der Waals surface area contributed by atoms with Crippen molar-refractivity contribution in [3.8, 4) is 5.75 Å². The maximum atomic E-state index is 12.8. The molecule has 2 aliphatic heterocycles. The number of ether oxygens (including phenoxy) is 2. The Bertz CT molecular complexity index is 727. The van der Waals surface area contributed by atoms with E-state index < -0.39 is 17.4 Å². The van der Waals surface area contributed by atoms with Crippen molar-refractivity contribution < 1.29 is 29.0 Å². The van der Waals surface area contributed by atoms with Crippen molar-refractivity contribution in [1.29, 1.82) is 0 Å². The monoisotopic (exact) mass is 390 g/mol. The van der Waals surface area contributed by atoms with E-state index in [1.54, 1.807) is 12.0 Å². The van der Waals surface area contributed by atoms with E-state index in [-0.39, 0.29) is 24.7 Å². The van der Waals surface area contributed by atoms with Crippen LogP contribution in [0.3, 0.4) is 0 Å². The predicted octanol–water partition coefficient (Wildman–Crippen LogP) is 1.18. The van der Waals surface area contributed by atoms with Crippen LogP contribution in [0.2, 0.25) is 0 Å². The molecule has 1 atom stereocenters. The summed E-state index contributed by atoms with van der Waals surface area (Å²) in [5, 5.41) is 12.2. The molecular formula is C20H26N2O6. The van der Waals surface area contributed by atoms with Gasteiger partial charge in [-0.15, -0.1) is 0 Å². The zero-order chi connectivity index (χ0) is 20.1. The molecule has 0 spiro atoms. The number of carbonyl (C=O) groups is 3. The van der Waals surface area contributed by atoms with Crippen molar-refractivity contribution in [3.05, 3.63) is 29.8 Å². The lowest BCUT2D eigenvalue weighted by Crippen LogP contribution is -2.54. The van der Waals surface area contributed by atoms with Gasteiger partial charge < -0.3 is 24.8 Å². The molecular weight excluding hydrogens is 364 g/mol. The number of carbonyl (C=O) groups excluding carboxylic acids is 2. The Balaban J connectivity index is 1.61. The quantitative estimate of drug-likeness (QED) is 0.724. The molecule has 1 unspecified atom stereocenters. The minimum Gasteiger partial charge on any atom is -0.497 e. The Kier molecular flexibility index (Phi) is 6.18. The number of hydrogen-bond donors (Lipinski definition) is 2. The molecule has 2 fully saturated rings. The first-order valence-electron chi connectivity index (χ1n) is 9.43. The van der Waals surface area contributed by atoms with Crippen molar-refractivity contribution >= 4 is 17.8 Å². The molecule has 3 rings (SSSR count). The van der Waals surface area contributed by atoms with Crippen molar-refractivity contribution in [2.24, 2.45) is 5.92 Å². The fourth-order valence-corrected chi connectivity index (χ4v) is 3.81. The summed E-state index contributed by atoms with van der Waals surface area (Å²) in [6.07, 6.45) is 0.919. The molecule has 8 heteroatoms. The first-order valence-corrected chi connectivity index (χ1v) is 9.43. The van der Waals surface area contributed by atoms with Gasteiger partial charge in [-0.3, -0.25) is 14.4 Å². The summed E-state index contributed by atoms with van der Waals surface area (Å²) in [6, 6.07) is 7.45. The highest BCUT2D eigenvalue weighted by Crippen LogP contribution is 2.27. The lowest BCUT2D eigenvalue weighted by atomic mass is 9.85. The van der Waals surface area contributed by atoms with E-state index in [0.717, 1.165) is 11.3 Å². The fourth-order valence-electron chi connectivity index (χ4n) is 3.81. The first kappa shape index (κ1) is 20.1. The SMILES string of the molecule is COc1ccc(CN2CC(C(=O)NC3(CC(=O)O)CCOCC3)CC2=O)cc1. The van der Waals surface area contributed by atoms with Crippen LogP contribution in [-0.2, 0) is 25.7 Å². The van der Waals surface area contributed by atoms with E-state index in [0.29, 0.717) is 39.1 Å². The van der Waals surface area contributed by atoms with Gasteiger partial charge in [0.2, 0.25) is 11.8 Å². The summed E-state index contributed by atoms with van der Waals surface area (Å²) in [5.74, 6) is -1.01. The average molecular weight is 390 g/mol. The Morgan fingerprint density at radius 1 is 1.29 bits per heavy atom. The van der Waals surface area contributed by atoms with E-state index in [1.807, 2.05) is 24.3 Å². The number of benzene rings is 1. The molecule has 2 saturated heterocycles. The van der Waals surface area contributed by atoms with E-state index in [4.69, 9.17) is 9.47 Å². The zero-order valence-electron chi connectivity index (χ0n) is 16.0. The van der Waals surface area contributed by atoms with Crippen molar-refractivity contribution in [2.45, 2.75) is 37.8 Å². The standard InChI is InChI=1S/C20H26N2O6/c1-27-16-4-2-14(3-5-16)12-22-13-15(10-17(22)23)19(26)21-20(11-18(24)25)6-8-28-9-7-20/h2-5,15H,6-13H2,1H3,(H,21,26)(H,24,25). The number of methoxy groups -OCH3 is 1. The van der Waals surface area contributed by atoms with Crippen molar-refractivity contribution in [3.63, 3.8) is 0 Å². The number of carboxylic acids is 1. The number of rotatable bonds is 7. The smallest absolute Gasteiger partial charge is 0.305 e. The molecule has 152 valence electrons. The molecule has 0 aliphatic carbocycles. The van der Waals surface area contributed by atoms with Gasteiger partial charge in [0.25, 0.3) is 0 Å². The molecule has 2 amide bonds. The Hall–Kier alpha value is -2.61. The van der Waals surface area contributed by atoms with Crippen LogP contribution < -0.4 is 10.1 Å². The third kappa shape index (κ3) is 4.81. The molecule has 2 aliphatic rings. The Labute approximate surface area is 163 Å². The molecule has 0 aromatic heterocycles. The van der Waals surface area contributed by atoms with Gasteiger partial charge in [0.15, 0.2) is 0 Å². The number of hydrogen-bond acceptors (Lipinski definition) is 5. The van der Waals surface area contributed by atoms with Gasteiger partial charge in [-0.2, -0.15) is 0 Å². The summed E-state index contributed by atoms with van der Waals surface area (Å²) in [5.41, 5.74) is 0.162. The fraction of sp³-hybridized carbons (Fsp3) is 0.550. The molecule has 1 aromatic carbocycles. The van der Waals surface area contributed by atoms with Gasteiger partial charge in [0, 0.05) is 32.7 Å². The third-order valence-corrected chi connectivity index (χ3v) is 5.45. The third-order valence-electron chi connectivity index (χ3n) is 5.45. The van der Waals surface area contributed by atoms with Gasteiger partial charge in [-0.1, -0.05) is 12.1 Å². The topological polar surface area (TPSA) is 105 Å². The summed E-state index contributed by atoms with van der Waals surface area (Å²) in [4.78, 5) is 38.1. The molecule has 2 N–H and O–H groups in total. The summed E-state index contributed by atoms with van der Waals surface area (Å²) in [7, 11) is 1.60. The maximum absolute atomic E-state index is 12.8. The summed E-state index contributed by atoms with van der Waals surface area (Å²) >= 11 is 0. The zero-order valence-corrected chi connectivity index (χ0v) is 16.0. The number of carboxylic acid groups (broad SMARTS) is 1. The minimum absolute atomic E-state index is 0.0739. The van der Waals surface area contributed by atoms with Crippen LogP contribution in [0.5, 0.6) is 5.75 Å². The highest BCUT2D eigenvalue weighted by atomic mass is 16.5. The van der Waals surface area contributed by atoms with Crippen molar-refractivity contribution in [2.75, 3.05) is 26.9 Å². The molecule has 8 nitrogen and oxygen atoms in total. The number of nitrogens with one attached hydrogen (secondary N) is 1. The molecule has 0 radical (unpaired) electrons. The van der Waals surface area contributed by atoms with Gasteiger partial charge in [0.1, 0.15) is 5.75 Å². The van der Waals surface area contributed by atoms with Crippen molar-refractivity contribution in [1.82, 2.24) is 10.2 Å². The number of nitrogens with zero attached hydrogens (tertiary/aromatic N) is 1. The average Bonchev–Trinajstić information content (AvgIpc) is 3.03. The lowest BCUT2D eigenvalue weighted by molar-refractivity contribution is -0.141. The van der Waals surface area contributed by atoms with E-state index in [2.05, 4.69) is 5.32 Å². The van der Waals surface area contributed by atoms with Gasteiger partial charge in [-0.05, 0) is 30.5 Å². The van der Waals surface area contributed by atoms with Gasteiger partial charge in [-0.25, -0.2) is 0 Å². The van der Waals surface area contributed by atoms with Crippen LogP contribution in [0.15, 0.2) is 24.3 Å². The highest BCUT2D eigenvalue weighted by Gasteiger charge is 2.41. The molecule has 0 bridgehead atoms. The number of amides is 2. The Morgan fingerprint density at radius 3 is 2.57 bits per heavy atom. The van der Waals surface area contributed by atoms with Crippen LogP contribution in [-0.4, -0.2) is 60.2 Å². The maximum Gasteiger partial charge on any atom is 0.305 e. The van der Waals surface area contributed by atoms with E-state index in [1.165, 1.54) is 0 Å². The lowest BCUT2D eigenvalue weighted by Gasteiger charge is -2.37. The predicted molar refractivity (Wildman–Crippen MR) is 99.7 cm³/mol. The van der Waals surface area contributed by atoms with Gasteiger partial charge in [0.05, 0.1) is 25.0 Å². The number of aliphatic carboxylic acids is 1. The van der Waals surface area contributed by atoms with Gasteiger partial charge >= 0.3 is 5.97 Å². The van der Waals surface area contributed by atoms with E-state index >= 15 is 0 Å². The highest BCUT2D eigenvalue weighted by molar-refractivity contribution is 5.89. The van der Waals surface area contributed by atoms with Crippen LogP contribution in [0.25, 0.3) is 0 Å². The first-order chi connectivity index (χ1) is 13.4. The minimum atomic E-state index is -0.953. The summed E-state index contributed by atoms with van der Waals surface area (Å²) < 4.78 is 10.4. The summed E-state index contributed by atoms with van der Waals surface area (Å²) in [6.45, 7) is 1.60. The second kappa shape index (κ2) is 8.60. The van der Waals surface area contributed by atoms with Crippen LogP contribution in [0.1, 0.15) is 31.2 Å². The van der Waals surface area contributed by atoms with Crippen LogP contribution >= 0.6 is 0 Å². The second-order valence-corrected chi connectivity index (χ2v) is 7.48. The van der Waals surface area contributed by atoms with E-state index in [9.17, 15) is 19.5 Å². The van der Waals surface area contributed by atoms with Crippen LogP contribution in [0.4, 0.5) is 0 Å². The largest absolute Gasteiger partial charge is 0.497 e. The molecule has 1 aromatic rings. The molecule has 28 heavy (non-hydrogen) atoms. The molecule has 2 heterocycles. The normalized spacial score (nSPS) is 21.4. The van der Waals surface area contributed by atoms with Crippen LogP contribution in [0, 0.1) is 5.92 Å². The Morgan fingerprint density at radius 2 is 1.96 bits per heavy atom.